The van der Waals surface area contributed by atoms with Gasteiger partial charge in [0.2, 0.25) is 0 Å². The summed E-state index contributed by atoms with van der Waals surface area (Å²) in [7, 11) is 1.99. The van der Waals surface area contributed by atoms with Gasteiger partial charge in [-0.25, -0.2) is 0 Å². The minimum Gasteiger partial charge on any atom is -0.388 e. The van der Waals surface area contributed by atoms with Gasteiger partial charge in [-0.05, 0) is 47.2 Å². The fraction of sp³-hybridized carbons (Fsp3) is 0.412. The van der Waals surface area contributed by atoms with E-state index in [-0.39, 0.29) is 0 Å². The van der Waals surface area contributed by atoms with E-state index in [2.05, 4.69) is 41.7 Å². The topological polar surface area (TPSA) is 12.0 Å². The minimum atomic E-state index is 0.773. The first kappa shape index (κ1) is 11.6. The second-order valence-electron chi connectivity index (χ2n) is 5.37. The van der Waals surface area contributed by atoms with Crippen molar-refractivity contribution >= 4 is 16.5 Å². The number of anilines is 1. The number of rotatable bonds is 2. The molecule has 94 valence electrons. The molecule has 2 aromatic rings. The summed E-state index contributed by atoms with van der Waals surface area (Å²) in [6.07, 6.45) is 6.94. The highest BCUT2D eigenvalue weighted by Crippen LogP contribution is 2.36. The largest absolute Gasteiger partial charge is 0.388 e. The minimum absolute atomic E-state index is 0.773. The van der Waals surface area contributed by atoms with Gasteiger partial charge in [-0.3, -0.25) is 0 Å². The molecule has 0 unspecified atom stereocenters. The van der Waals surface area contributed by atoms with E-state index < -0.39 is 0 Å². The Morgan fingerprint density at radius 2 is 1.83 bits per heavy atom. The van der Waals surface area contributed by atoms with Crippen LogP contribution in [0.15, 0.2) is 36.4 Å². The number of nitrogens with one attached hydrogen (secondary N) is 1. The van der Waals surface area contributed by atoms with Crippen LogP contribution in [-0.4, -0.2) is 7.05 Å². The normalized spacial score (nSPS) is 16.9. The summed E-state index contributed by atoms with van der Waals surface area (Å²) >= 11 is 0. The predicted molar refractivity (Wildman–Crippen MR) is 79.3 cm³/mol. The lowest BCUT2D eigenvalue weighted by Gasteiger charge is -2.23. The first-order chi connectivity index (χ1) is 8.88. The summed E-state index contributed by atoms with van der Waals surface area (Å²) in [5, 5.41) is 6.06. The van der Waals surface area contributed by atoms with Gasteiger partial charge < -0.3 is 5.32 Å². The highest BCUT2D eigenvalue weighted by Gasteiger charge is 2.17. The standard InChI is InChI=1S/C17H21N/c1-18-15-11-10-14-8-5-9-16(17(14)12-15)13-6-3-2-4-7-13/h5,8-13,18H,2-4,6-7H2,1H3. The van der Waals surface area contributed by atoms with E-state index in [9.17, 15) is 0 Å². The van der Waals surface area contributed by atoms with Crippen molar-refractivity contribution in [3.8, 4) is 0 Å². The van der Waals surface area contributed by atoms with Gasteiger partial charge in [0.05, 0.1) is 0 Å². The van der Waals surface area contributed by atoms with Crippen LogP contribution in [0.3, 0.4) is 0 Å². The van der Waals surface area contributed by atoms with Crippen LogP contribution < -0.4 is 5.32 Å². The van der Waals surface area contributed by atoms with Crippen molar-refractivity contribution in [2.24, 2.45) is 0 Å². The molecule has 0 aromatic heterocycles. The maximum absolute atomic E-state index is 3.25. The van der Waals surface area contributed by atoms with Crippen LogP contribution in [0.5, 0.6) is 0 Å². The molecule has 18 heavy (non-hydrogen) atoms. The van der Waals surface area contributed by atoms with Gasteiger partial charge in [0.1, 0.15) is 0 Å². The van der Waals surface area contributed by atoms with Crippen molar-refractivity contribution in [2.45, 2.75) is 38.0 Å². The van der Waals surface area contributed by atoms with E-state index in [1.807, 2.05) is 7.05 Å². The number of fused-ring (bicyclic) bond motifs is 1. The molecule has 1 heteroatoms. The van der Waals surface area contributed by atoms with Crippen molar-refractivity contribution in [2.75, 3.05) is 12.4 Å². The summed E-state index contributed by atoms with van der Waals surface area (Å²) in [5.41, 5.74) is 2.77. The van der Waals surface area contributed by atoms with Crippen LogP contribution in [0.1, 0.15) is 43.6 Å². The van der Waals surface area contributed by atoms with Crippen LogP contribution in [0.4, 0.5) is 5.69 Å². The molecule has 1 fully saturated rings. The second-order valence-corrected chi connectivity index (χ2v) is 5.37. The number of hydrogen-bond donors (Lipinski definition) is 1. The Morgan fingerprint density at radius 1 is 1.00 bits per heavy atom. The monoisotopic (exact) mass is 239 g/mol. The zero-order valence-corrected chi connectivity index (χ0v) is 11.1. The van der Waals surface area contributed by atoms with E-state index in [1.165, 1.54) is 48.6 Å². The Labute approximate surface area is 109 Å². The quantitative estimate of drug-likeness (QED) is 0.783. The lowest BCUT2D eigenvalue weighted by molar-refractivity contribution is 0.445. The maximum Gasteiger partial charge on any atom is 0.0344 e. The van der Waals surface area contributed by atoms with Gasteiger partial charge in [0, 0.05) is 12.7 Å². The molecule has 0 bridgehead atoms. The molecule has 0 amide bonds. The summed E-state index contributed by atoms with van der Waals surface area (Å²) < 4.78 is 0. The molecule has 1 saturated carbocycles. The molecule has 1 aliphatic rings. The van der Waals surface area contributed by atoms with Crippen LogP contribution in [0.25, 0.3) is 10.8 Å². The average Bonchev–Trinajstić information content (AvgIpc) is 2.47. The maximum atomic E-state index is 3.25. The molecule has 0 heterocycles. The van der Waals surface area contributed by atoms with Gasteiger partial charge in [-0.2, -0.15) is 0 Å². The van der Waals surface area contributed by atoms with Gasteiger partial charge in [0.25, 0.3) is 0 Å². The molecule has 0 atom stereocenters. The van der Waals surface area contributed by atoms with Crippen molar-refractivity contribution in [3.05, 3.63) is 42.0 Å². The predicted octanol–water partition coefficient (Wildman–Crippen LogP) is 4.93. The molecule has 0 spiro atoms. The van der Waals surface area contributed by atoms with E-state index in [0.717, 1.165) is 5.92 Å². The zero-order chi connectivity index (χ0) is 12.4. The molecule has 0 saturated heterocycles. The summed E-state index contributed by atoms with van der Waals surface area (Å²) in [4.78, 5) is 0. The van der Waals surface area contributed by atoms with Crippen molar-refractivity contribution in [1.29, 1.82) is 0 Å². The van der Waals surface area contributed by atoms with E-state index >= 15 is 0 Å². The van der Waals surface area contributed by atoms with E-state index in [1.54, 1.807) is 5.56 Å². The lowest BCUT2D eigenvalue weighted by atomic mass is 9.82. The zero-order valence-electron chi connectivity index (χ0n) is 11.1. The van der Waals surface area contributed by atoms with Crippen LogP contribution >= 0.6 is 0 Å². The van der Waals surface area contributed by atoms with Crippen LogP contribution in [-0.2, 0) is 0 Å². The Hall–Kier alpha value is -1.50. The fourth-order valence-corrected chi connectivity index (χ4v) is 3.22. The first-order valence-electron chi connectivity index (χ1n) is 7.09. The third kappa shape index (κ3) is 2.10. The third-order valence-electron chi connectivity index (χ3n) is 4.25. The molecule has 0 aliphatic heterocycles. The second kappa shape index (κ2) is 5.01. The summed E-state index contributed by atoms with van der Waals surface area (Å²) in [6, 6.07) is 13.5. The average molecular weight is 239 g/mol. The Morgan fingerprint density at radius 3 is 2.61 bits per heavy atom. The summed E-state index contributed by atoms with van der Waals surface area (Å²) in [5.74, 6) is 0.773. The third-order valence-corrected chi connectivity index (χ3v) is 4.25. The molecule has 1 N–H and O–H groups in total. The lowest BCUT2D eigenvalue weighted by Crippen LogP contribution is -2.05. The Kier molecular flexibility index (Phi) is 3.22. The molecule has 2 aromatic carbocycles. The Bertz CT molecular complexity index is 538. The van der Waals surface area contributed by atoms with Crippen molar-refractivity contribution in [3.63, 3.8) is 0 Å². The first-order valence-corrected chi connectivity index (χ1v) is 7.09. The molecule has 0 radical (unpaired) electrons. The smallest absolute Gasteiger partial charge is 0.0344 e. The number of hydrogen-bond acceptors (Lipinski definition) is 1. The SMILES string of the molecule is CNc1ccc2cccc(C3CCCCC3)c2c1. The fourth-order valence-electron chi connectivity index (χ4n) is 3.22. The molecular weight excluding hydrogens is 218 g/mol. The van der Waals surface area contributed by atoms with Crippen LogP contribution in [0, 0.1) is 0 Å². The molecule has 1 aliphatic carbocycles. The van der Waals surface area contributed by atoms with Crippen molar-refractivity contribution in [1.82, 2.24) is 0 Å². The van der Waals surface area contributed by atoms with Gasteiger partial charge >= 0.3 is 0 Å². The highest BCUT2D eigenvalue weighted by atomic mass is 14.8. The molecule has 3 rings (SSSR count). The van der Waals surface area contributed by atoms with Gasteiger partial charge in [0.15, 0.2) is 0 Å². The van der Waals surface area contributed by atoms with Gasteiger partial charge in [-0.15, -0.1) is 0 Å². The van der Waals surface area contributed by atoms with E-state index in [0.29, 0.717) is 0 Å². The summed E-state index contributed by atoms with van der Waals surface area (Å²) in [6.45, 7) is 0. The van der Waals surface area contributed by atoms with E-state index in [4.69, 9.17) is 0 Å². The number of benzene rings is 2. The van der Waals surface area contributed by atoms with Crippen molar-refractivity contribution < 1.29 is 0 Å². The van der Waals surface area contributed by atoms with Crippen LogP contribution in [0.2, 0.25) is 0 Å². The molecule has 1 nitrogen and oxygen atoms in total. The Balaban J connectivity index is 2.09. The highest BCUT2D eigenvalue weighted by molar-refractivity contribution is 5.89. The van der Waals surface area contributed by atoms with Gasteiger partial charge in [-0.1, -0.05) is 43.5 Å². The molecular formula is C17H21N.